The Kier molecular flexibility index (Phi) is 7.66. The van der Waals surface area contributed by atoms with Crippen molar-refractivity contribution in [3.05, 3.63) is 93.5 Å². The number of nitro groups is 1. The Morgan fingerprint density at radius 1 is 1.05 bits per heavy atom. The zero-order valence-electron chi connectivity index (χ0n) is 20.8. The van der Waals surface area contributed by atoms with Crippen molar-refractivity contribution in [1.29, 1.82) is 0 Å². The van der Waals surface area contributed by atoms with Gasteiger partial charge in [0.05, 0.1) is 17.7 Å². The highest BCUT2D eigenvalue weighted by molar-refractivity contribution is 6.39. The average molecular weight is 530 g/mol. The number of benzene rings is 3. The summed E-state index contributed by atoms with van der Waals surface area (Å²) in [6.45, 7) is 1.57. The van der Waals surface area contributed by atoms with E-state index >= 15 is 0 Å². The molecule has 198 valence electrons. The Hall–Kier alpha value is -5.52. The second kappa shape index (κ2) is 11.3. The van der Waals surface area contributed by atoms with Gasteiger partial charge in [-0.2, -0.15) is 0 Å². The molecule has 3 aromatic rings. The standard InChI is InChI=1S/C27H22N4O8/c1-16-5-3-4-6-21(16)28-24(32)15-39-22-12-7-17(14-23(22)38-2)13-20-25(33)29-27(35)30(26(20)34)18-8-10-19(11-9-18)31(36)37/h3-14H,15H2,1-2H3,(H,28,32)(H,29,33,35)/b20-13-. The number of carbonyl (C=O) groups is 4. The SMILES string of the molecule is COc1cc(/C=C2/C(=O)NC(=O)N(c3ccc([N+](=O)[O-])cc3)C2=O)ccc1OCC(=O)Nc1ccccc1C. The molecule has 2 N–H and O–H groups in total. The van der Waals surface area contributed by atoms with Crippen LogP contribution in [0.1, 0.15) is 11.1 Å². The predicted molar refractivity (Wildman–Crippen MR) is 140 cm³/mol. The number of hydrogen-bond donors (Lipinski definition) is 2. The second-order valence-electron chi connectivity index (χ2n) is 8.29. The lowest BCUT2D eigenvalue weighted by molar-refractivity contribution is -0.384. The summed E-state index contributed by atoms with van der Waals surface area (Å²) in [5.74, 6) is -1.71. The van der Waals surface area contributed by atoms with E-state index < -0.39 is 22.8 Å². The quantitative estimate of drug-likeness (QED) is 0.194. The Bertz CT molecular complexity index is 1510. The van der Waals surface area contributed by atoms with Gasteiger partial charge in [-0.05, 0) is 54.5 Å². The largest absolute Gasteiger partial charge is 0.493 e. The van der Waals surface area contributed by atoms with Crippen LogP contribution in [0.4, 0.5) is 21.9 Å². The summed E-state index contributed by atoms with van der Waals surface area (Å²) in [6, 6.07) is 15.6. The Morgan fingerprint density at radius 2 is 1.77 bits per heavy atom. The fourth-order valence-corrected chi connectivity index (χ4v) is 3.72. The van der Waals surface area contributed by atoms with Crippen molar-refractivity contribution < 1.29 is 33.6 Å². The molecule has 0 bridgehead atoms. The van der Waals surface area contributed by atoms with E-state index in [9.17, 15) is 29.3 Å². The predicted octanol–water partition coefficient (Wildman–Crippen LogP) is 3.60. The van der Waals surface area contributed by atoms with Crippen LogP contribution in [0.3, 0.4) is 0 Å². The van der Waals surface area contributed by atoms with E-state index in [0.29, 0.717) is 16.2 Å². The van der Waals surface area contributed by atoms with Crippen molar-refractivity contribution >= 4 is 46.9 Å². The number of nitrogens with zero attached hydrogens (tertiary/aromatic N) is 2. The van der Waals surface area contributed by atoms with Gasteiger partial charge < -0.3 is 14.8 Å². The monoisotopic (exact) mass is 530 g/mol. The minimum absolute atomic E-state index is 0.0480. The maximum Gasteiger partial charge on any atom is 0.335 e. The molecule has 0 aliphatic carbocycles. The molecule has 1 saturated heterocycles. The smallest absolute Gasteiger partial charge is 0.335 e. The van der Waals surface area contributed by atoms with Crippen LogP contribution in [0.2, 0.25) is 0 Å². The molecule has 1 aliphatic rings. The summed E-state index contributed by atoms with van der Waals surface area (Å²) in [5.41, 5.74) is 1.42. The molecule has 0 unspecified atom stereocenters. The number of methoxy groups -OCH3 is 1. The highest BCUT2D eigenvalue weighted by Crippen LogP contribution is 2.30. The van der Waals surface area contributed by atoms with Crippen LogP contribution in [-0.4, -0.2) is 42.4 Å². The summed E-state index contributed by atoms with van der Waals surface area (Å²) in [4.78, 5) is 61.3. The first-order chi connectivity index (χ1) is 18.7. The molecule has 12 heteroatoms. The maximum atomic E-state index is 13.1. The van der Waals surface area contributed by atoms with Crippen LogP contribution >= 0.6 is 0 Å². The van der Waals surface area contributed by atoms with E-state index in [4.69, 9.17) is 9.47 Å². The molecular weight excluding hydrogens is 508 g/mol. The van der Waals surface area contributed by atoms with Crippen molar-refractivity contribution in [1.82, 2.24) is 5.32 Å². The van der Waals surface area contributed by atoms with Gasteiger partial charge in [0, 0.05) is 17.8 Å². The number of hydrogen-bond acceptors (Lipinski definition) is 8. The molecule has 3 aromatic carbocycles. The van der Waals surface area contributed by atoms with Gasteiger partial charge in [0.2, 0.25) is 0 Å². The zero-order chi connectivity index (χ0) is 28.1. The first-order valence-corrected chi connectivity index (χ1v) is 11.5. The summed E-state index contributed by atoms with van der Waals surface area (Å²) in [6.07, 6.45) is 1.26. The van der Waals surface area contributed by atoms with E-state index in [-0.39, 0.29) is 41.0 Å². The molecule has 12 nitrogen and oxygen atoms in total. The number of carbonyl (C=O) groups excluding carboxylic acids is 4. The molecular formula is C27H22N4O8. The highest BCUT2D eigenvalue weighted by atomic mass is 16.6. The number of imide groups is 2. The van der Waals surface area contributed by atoms with E-state index in [0.717, 1.165) is 17.7 Å². The van der Waals surface area contributed by atoms with Gasteiger partial charge in [0.15, 0.2) is 18.1 Å². The Labute approximate surface area is 222 Å². The zero-order valence-corrected chi connectivity index (χ0v) is 20.8. The fraction of sp³-hybridized carbons (Fsp3) is 0.111. The molecule has 1 heterocycles. The van der Waals surface area contributed by atoms with Gasteiger partial charge in [-0.25, -0.2) is 9.69 Å². The molecule has 1 fully saturated rings. The number of aryl methyl sites for hydroxylation is 1. The van der Waals surface area contributed by atoms with Gasteiger partial charge in [-0.15, -0.1) is 0 Å². The maximum absolute atomic E-state index is 13.1. The third-order valence-electron chi connectivity index (χ3n) is 5.70. The minimum Gasteiger partial charge on any atom is -0.493 e. The molecule has 0 spiro atoms. The van der Waals surface area contributed by atoms with Gasteiger partial charge in [0.1, 0.15) is 5.57 Å². The average Bonchev–Trinajstić information content (AvgIpc) is 2.91. The minimum atomic E-state index is -0.985. The second-order valence-corrected chi connectivity index (χ2v) is 8.29. The number of urea groups is 1. The molecule has 39 heavy (non-hydrogen) atoms. The molecule has 0 aromatic heterocycles. The molecule has 0 radical (unpaired) electrons. The fourth-order valence-electron chi connectivity index (χ4n) is 3.72. The number of nitro benzene ring substituents is 1. The van der Waals surface area contributed by atoms with Crippen LogP contribution in [0, 0.1) is 17.0 Å². The highest BCUT2D eigenvalue weighted by Gasteiger charge is 2.37. The molecule has 0 saturated carbocycles. The normalized spacial score (nSPS) is 14.2. The van der Waals surface area contributed by atoms with Crippen molar-refractivity contribution in [2.75, 3.05) is 23.9 Å². The van der Waals surface area contributed by atoms with Gasteiger partial charge in [-0.1, -0.05) is 24.3 Å². The van der Waals surface area contributed by atoms with E-state index in [1.54, 1.807) is 12.1 Å². The molecule has 4 rings (SSSR count). The lowest BCUT2D eigenvalue weighted by Crippen LogP contribution is -2.54. The number of non-ortho nitro benzene ring substituents is 1. The van der Waals surface area contributed by atoms with Crippen molar-refractivity contribution in [2.45, 2.75) is 6.92 Å². The van der Waals surface area contributed by atoms with Gasteiger partial charge in [-0.3, -0.25) is 29.8 Å². The number of nitrogens with one attached hydrogen (secondary N) is 2. The summed E-state index contributed by atoms with van der Waals surface area (Å²) >= 11 is 0. The number of para-hydroxylation sites is 1. The Balaban J connectivity index is 1.52. The van der Waals surface area contributed by atoms with Crippen molar-refractivity contribution in [3.8, 4) is 11.5 Å². The van der Waals surface area contributed by atoms with Gasteiger partial charge in [0.25, 0.3) is 23.4 Å². The first kappa shape index (κ1) is 26.5. The van der Waals surface area contributed by atoms with Crippen LogP contribution in [0.5, 0.6) is 11.5 Å². The molecule has 1 aliphatic heterocycles. The van der Waals surface area contributed by atoms with E-state index in [2.05, 4.69) is 10.6 Å². The topological polar surface area (TPSA) is 157 Å². The number of ether oxygens (including phenoxy) is 2. The lowest BCUT2D eigenvalue weighted by Gasteiger charge is -2.26. The summed E-state index contributed by atoms with van der Waals surface area (Å²) in [7, 11) is 1.39. The van der Waals surface area contributed by atoms with Crippen LogP contribution < -0.4 is 25.0 Å². The number of rotatable bonds is 8. The lowest BCUT2D eigenvalue weighted by atomic mass is 10.1. The van der Waals surface area contributed by atoms with Crippen molar-refractivity contribution in [2.24, 2.45) is 0 Å². The summed E-state index contributed by atoms with van der Waals surface area (Å²) < 4.78 is 10.9. The van der Waals surface area contributed by atoms with Crippen LogP contribution in [0.15, 0.2) is 72.3 Å². The number of barbiturate groups is 1. The van der Waals surface area contributed by atoms with Gasteiger partial charge >= 0.3 is 6.03 Å². The number of amides is 5. The van der Waals surface area contributed by atoms with Crippen LogP contribution in [0.25, 0.3) is 6.08 Å². The summed E-state index contributed by atoms with van der Waals surface area (Å²) in [5, 5.41) is 15.8. The van der Waals surface area contributed by atoms with Crippen molar-refractivity contribution in [3.63, 3.8) is 0 Å². The number of anilines is 2. The third kappa shape index (κ3) is 5.91. The first-order valence-electron chi connectivity index (χ1n) is 11.5. The third-order valence-corrected chi connectivity index (χ3v) is 5.70. The Morgan fingerprint density at radius 3 is 2.44 bits per heavy atom. The molecule has 5 amide bonds. The van der Waals surface area contributed by atoms with Crippen LogP contribution in [-0.2, 0) is 14.4 Å². The van der Waals surface area contributed by atoms with E-state index in [1.807, 2.05) is 19.1 Å². The molecule has 0 atom stereocenters. The van der Waals surface area contributed by atoms with E-state index in [1.165, 1.54) is 43.5 Å².